The number of nitrogens with zero attached hydrogens (tertiary/aromatic N) is 2. The van der Waals surface area contributed by atoms with Crippen LogP contribution in [0.25, 0.3) is 55.5 Å². The average Bonchev–Trinajstić information content (AvgIpc) is 3.19. The first-order chi connectivity index (χ1) is 28.9. The summed E-state index contributed by atoms with van der Waals surface area (Å²) >= 11 is 1.55. The molecule has 0 aliphatic carbocycles. The number of benzene rings is 5. The SMILES string of the molecule is Cc1cc(Oc2[c-]c(-c3cc(C)ccn3)cc(-c3c(C(C)C)cc(C(C)C)cc3C(C)C)c2)[c-]c(-c2nccc3c2Sc2cc(CC(C)(C)C(F)(F)F)cc4cccc-3c24)c1.[Pt+2]. The van der Waals surface area contributed by atoms with Crippen molar-refractivity contribution >= 4 is 22.5 Å². The van der Waals surface area contributed by atoms with Gasteiger partial charge >= 0.3 is 27.2 Å². The molecule has 320 valence electrons. The molecule has 1 aliphatic heterocycles. The van der Waals surface area contributed by atoms with E-state index in [1.807, 2.05) is 61.8 Å². The zero-order valence-corrected chi connectivity index (χ0v) is 39.9. The summed E-state index contributed by atoms with van der Waals surface area (Å²) in [5, 5.41) is 1.96. The van der Waals surface area contributed by atoms with Crippen molar-refractivity contribution in [2.45, 2.75) is 109 Å². The van der Waals surface area contributed by atoms with Gasteiger partial charge in [0.1, 0.15) is 0 Å². The van der Waals surface area contributed by atoms with Gasteiger partial charge in [0, 0.05) is 44.8 Å². The number of halogens is 3. The Morgan fingerprint density at radius 2 is 1.37 bits per heavy atom. The fourth-order valence-electron chi connectivity index (χ4n) is 8.37. The third kappa shape index (κ3) is 8.90. The normalized spacial score (nSPS) is 12.6. The summed E-state index contributed by atoms with van der Waals surface area (Å²) in [5.41, 5.74) is 12.2. The Morgan fingerprint density at radius 3 is 2.03 bits per heavy atom. The van der Waals surface area contributed by atoms with E-state index in [2.05, 4.69) is 103 Å². The minimum Gasteiger partial charge on any atom is -0.497 e. The number of ether oxygens (including phenoxy) is 1. The fraction of sp³-hybridized carbons (Fsp3) is 0.296. The van der Waals surface area contributed by atoms with E-state index in [0.717, 1.165) is 70.9 Å². The minimum absolute atomic E-state index is 0. The standard InChI is InChI=1S/C54H51F3N2OS.Pt/c1-30(2)37-27-45(31(3)4)49(46(28-37)32(5)6)39-23-38(47-20-33(7)14-16-58-47)24-42(25-39)60-41-19-34(8)18-40(26-41)51-52-44(15-17-59-51)43-13-11-12-36-21-35(22-48(61-52)50(36)43)29-53(9,10)54(55,56)57;/h11-23,25,27-28,30-32H,29H2,1-10H3;/q-2;+2. The molecule has 0 amide bonds. The first-order valence-corrected chi connectivity index (χ1v) is 21.9. The quantitative estimate of drug-likeness (QED) is 0.128. The number of hydrogen-bond donors (Lipinski definition) is 0. The van der Waals surface area contributed by atoms with Crippen molar-refractivity contribution in [2.24, 2.45) is 5.41 Å². The molecule has 0 N–H and O–H groups in total. The van der Waals surface area contributed by atoms with Crippen molar-refractivity contribution in [2.75, 3.05) is 0 Å². The molecule has 7 aromatic rings. The molecule has 3 heterocycles. The monoisotopic (exact) mass is 1030 g/mol. The van der Waals surface area contributed by atoms with E-state index in [-0.39, 0.29) is 39.3 Å². The molecule has 1 aliphatic rings. The van der Waals surface area contributed by atoms with Crippen molar-refractivity contribution in [3.63, 3.8) is 0 Å². The maximum absolute atomic E-state index is 14.0. The van der Waals surface area contributed by atoms with Crippen LogP contribution in [0.2, 0.25) is 0 Å². The van der Waals surface area contributed by atoms with E-state index in [4.69, 9.17) is 14.7 Å². The molecule has 3 nitrogen and oxygen atoms in total. The Kier molecular flexibility index (Phi) is 12.8. The maximum atomic E-state index is 14.0. The number of alkyl halides is 3. The molecule has 62 heavy (non-hydrogen) atoms. The predicted octanol–water partition coefficient (Wildman–Crippen LogP) is 16.3. The summed E-state index contributed by atoms with van der Waals surface area (Å²) in [6, 6.07) is 36.1. The molecule has 2 aromatic heterocycles. The molecule has 0 spiro atoms. The Bertz CT molecular complexity index is 2800. The first-order valence-electron chi connectivity index (χ1n) is 21.1. The van der Waals surface area contributed by atoms with Crippen LogP contribution in [0.4, 0.5) is 13.2 Å². The van der Waals surface area contributed by atoms with E-state index in [0.29, 0.717) is 23.0 Å². The van der Waals surface area contributed by atoms with Crippen molar-refractivity contribution in [3.8, 4) is 56.3 Å². The molecule has 0 atom stereocenters. The zero-order valence-electron chi connectivity index (χ0n) is 36.8. The van der Waals surface area contributed by atoms with Gasteiger partial charge in [0.15, 0.2) is 0 Å². The number of aryl methyl sites for hydroxylation is 2. The largest absolute Gasteiger partial charge is 2.00 e. The predicted molar refractivity (Wildman–Crippen MR) is 245 cm³/mol. The van der Waals surface area contributed by atoms with Crippen LogP contribution >= 0.6 is 11.8 Å². The van der Waals surface area contributed by atoms with Crippen molar-refractivity contribution < 1.29 is 39.0 Å². The first kappa shape index (κ1) is 45.3. The van der Waals surface area contributed by atoms with Crippen LogP contribution in [0.5, 0.6) is 11.5 Å². The van der Waals surface area contributed by atoms with Crippen LogP contribution in [-0.4, -0.2) is 16.1 Å². The van der Waals surface area contributed by atoms with Gasteiger partial charge in [0.2, 0.25) is 0 Å². The molecule has 0 radical (unpaired) electrons. The van der Waals surface area contributed by atoms with Crippen molar-refractivity contribution in [1.82, 2.24) is 9.97 Å². The number of rotatable bonds is 10. The number of pyridine rings is 2. The van der Waals surface area contributed by atoms with E-state index in [9.17, 15) is 13.2 Å². The van der Waals surface area contributed by atoms with Crippen LogP contribution in [0.3, 0.4) is 0 Å². The second-order valence-electron chi connectivity index (χ2n) is 18.1. The topological polar surface area (TPSA) is 35.0 Å². The summed E-state index contributed by atoms with van der Waals surface area (Å²) < 4.78 is 48.9. The van der Waals surface area contributed by atoms with Gasteiger partial charge in [-0.05, 0) is 99.3 Å². The van der Waals surface area contributed by atoms with Gasteiger partial charge in [0.25, 0.3) is 0 Å². The molecule has 0 fully saturated rings. The smallest absolute Gasteiger partial charge is 0.497 e. The van der Waals surface area contributed by atoms with Crippen LogP contribution in [-0.2, 0) is 27.5 Å². The molecule has 0 saturated heterocycles. The van der Waals surface area contributed by atoms with Gasteiger partial charge < -0.3 is 14.7 Å². The summed E-state index contributed by atoms with van der Waals surface area (Å²) in [7, 11) is 0. The molecule has 8 rings (SSSR count). The van der Waals surface area contributed by atoms with Gasteiger partial charge in [-0.1, -0.05) is 152 Å². The van der Waals surface area contributed by atoms with Gasteiger partial charge in [-0.25, -0.2) is 0 Å². The fourth-order valence-corrected chi connectivity index (χ4v) is 9.67. The Balaban J connectivity index is 0.00000578. The molecule has 8 heteroatoms. The van der Waals surface area contributed by atoms with Crippen LogP contribution in [0, 0.1) is 31.4 Å². The van der Waals surface area contributed by atoms with Crippen molar-refractivity contribution in [1.29, 1.82) is 0 Å². The Labute approximate surface area is 383 Å². The van der Waals surface area contributed by atoms with Crippen LogP contribution in [0.1, 0.15) is 107 Å². The van der Waals surface area contributed by atoms with E-state index >= 15 is 0 Å². The van der Waals surface area contributed by atoms with E-state index in [1.54, 1.807) is 11.8 Å². The Morgan fingerprint density at radius 1 is 0.694 bits per heavy atom. The van der Waals surface area contributed by atoms with Crippen LogP contribution < -0.4 is 4.74 Å². The molecule has 0 bridgehead atoms. The summed E-state index contributed by atoms with van der Waals surface area (Å²) in [4.78, 5) is 11.5. The van der Waals surface area contributed by atoms with E-state index in [1.165, 1.54) is 36.1 Å². The Hall–Kier alpha value is -4.71. The minimum atomic E-state index is -4.33. The van der Waals surface area contributed by atoms with Gasteiger partial charge in [-0.15, -0.1) is 28.8 Å². The third-order valence-electron chi connectivity index (χ3n) is 11.7. The molecule has 0 unspecified atom stereocenters. The molecular weight excluding hydrogens is 977 g/mol. The summed E-state index contributed by atoms with van der Waals surface area (Å²) in [6.07, 6.45) is -0.803. The van der Waals surface area contributed by atoms with Crippen molar-refractivity contribution in [3.05, 3.63) is 143 Å². The third-order valence-corrected chi connectivity index (χ3v) is 12.9. The number of aromatic nitrogens is 2. The van der Waals surface area contributed by atoms with Crippen LogP contribution in [0.15, 0.2) is 107 Å². The number of fused-ring (bicyclic) bond motifs is 2. The molecular formula is C54H51F3N2OPtS. The van der Waals surface area contributed by atoms with Gasteiger partial charge in [-0.3, -0.25) is 0 Å². The molecule has 5 aromatic carbocycles. The average molecular weight is 1030 g/mol. The second kappa shape index (κ2) is 17.5. The second-order valence-corrected chi connectivity index (χ2v) is 19.2. The zero-order chi connectivity index (χ0) is 43.5. The van der Waals surface area contributed by atoms with Gasteiger partial charge in [-0.2, -0.15) is 13.2 Å². The molecule has 0 saturated carbocycles. The summed E-state index contributed by atoms with van der Waals surface area (Å²) in [6.45, 7) is 20.1. The van der Waals surface area contributed by atoms with Gasteiger partial charge in [0.05, 0.1) is 5.41 Å². The maximum Gasteiger partial charge on any atom is 2.00 e. The number of hydrogen-bond acceptors (Lipinski definition) is 4. The van der Waals surface area contributed by atoms with E-state index < -0.39 is 11.6 Å². The summed E-state index contributed by atoms with van der Waals surface area (Å²) in [5.74, 6) is 2.03.